The van der Waals surface area contributed by atoms with Gasteiger partial charge in [-0.05, 0) is 67.6 Å². The van der Waals surface area contributed by atoms with Crippen LogP contribution in [-0.4, -0.2) is 44.3 Å². The molecule has 0 saturated carbocycles. The second kappa shape index (κ2) is 10.1. The number of amides is 1. The number of aromatic nitrogens is 4. The van der Waals surface area contributed by atoms with E-state index in [-0.39, 0.29) is 17.4 Å². The highest BCUT2D eigenvalue weighted by Crippen LogP contribution is 2.28. The average molecular weight is 460 g/mol. The van der Waals surface area contributed by atoms with E-state index in [1.807, 2.05) is 41.0 Å². The highest BCUT2D eigenvalue weighted by Gasteiger charge is 2.17. The van der Waals surface area contributed by atoms with E-state index in [9.17, 15) is 9.59 Å². The summed E-state index contributed by atoms with van der Waals surface area (Å²) in [5.74, 6) is 1.31. The molecule has 2 aromatic carbocycles. The van der Waals surface area contributed by atoms with Gasteiger partial charge in [0.2, 0.25) is 5.91 Å². The Morgan fingerprint density at radius 2 is 1.67 bits per heavy atom. The molecule has 0 atom stereocenters. The molecule has 0 aliphatic carbocycles. The molecular formula is C24H21N5O3S. The molecule has 0 radical (unpaired) electrons. The van der Waals surface area contributed by atoms with Gasteiger partial charge in [-0.2, -0.15) is 0 Å². The van der Waals surface area contributed by atoms with Crippen molar-refractivity contribution in [2.45, 2.75) is 12.1 Å². The Hall–Kier alpha value is -3.98. The van der Waals surface area contributed by atoms with Gasteiger partial charge in [0.05, 0.1) is 12.9 Å². The SMILES string of the molecule is COc1ccc(-n2c(SCC(=O)Nc3ccc(C(C)=O)cc3)nnc2-c2ccncc2)cc1. The van der Waals surface area contributed by atoms with E-state index in [1.54, 1.807) is 43.8 Å². The second-order valence-corrected chi connectivity index (χ2v) is 7.99. The largest absolute Gasteiger partial charge is 0.497 e. The summed E-state index contributed by atoms with van der Waals surface area (Å²) >= 11 is 1.28. The Morgan fingerprint density at radius 1 is 0.970 bits per heavy atom. The van der Waals surface area contributed by atoms with E-state index >= 15 is 0 Å². The number of carbonyl (C=O) groups excluding carboxylic acids is 2. The van der Waals surface area contributed by atoms with Crippen molar-refractivity contribution in [1.29, 1.82) is 0 Å². The maximum Gasteiger partial charge on any atom is 0.234 e. The summed E-state index contributed by atoms with van der Waals surface area (Å²) in [5.41, 5.74) is 2.92. The molecule has 4 rings (SSSR count). The molecule has 1 amide bonds. The number of ketones is 1. The van der Waals surface area contributed by atoms with E-state index < -0.39 is 0 Å². The predicted molar refractivity (Wildman–Crippen MR) is 127 cm³/mol. The minimum absolute atomic E-state index is 0.0219. The van der Waals surface area contributed by atoms with Crippen molar-refractivity contribution in [3.05, 3.63) is 78.6 Å². The molecule has 166 valence electrons. The number of ether oxygens (including phenoxy) is 1. The van der Waals surface area contributed by atoms with Gasteiger partial charge in [0.1, 0.15) is 5.75 Å². The summed E-state index contributed by atoms with van der Waals surface area (Å²) in [4.78, 5) is 28.0. The molecule has 0 bridgehead atoms. The van der Waals surface area contributed by atoms with Crippen LogP contribution in [0.15, 0.2) is 78.2 Å². The normalized spacial score (nSPS) is 10.6. The zero-order chi connectivity index (χ0) is 23.2. The standard InChI is InChI=1S/C24H21N5O3S/c1-16(30)17-3-5-19(6-4-17)26-22(31)15-33-24-28-27-23(18-11-13-25-14-12-18)29(24)20-7-9-21(32-2)10-8-20/h3-14H,15H2,1-2H3,(H,26,31). The Balaban J connectivity index is 1.55. The first kappa shape index (κ1) is 22.2. The fraction of sp³-hybridized carbons (Fsp3) is 0.125. The lowest BCUT2D eigenvalue weighted by Crippen LogP contribution is -2.14. The minimum Gasteiger partial charge on any atom is -0.497 e. The summed E-state index contributed by atoms with van der Waals surface area (Å²) < 4.78 is 7.16. The fourth-order valence-corrected chi connectivity index (χ4v) is 3.88. The first-order chi connectivity index (χ1) is 16.0. The third-order valence-corrected chi connectivity index (χ3v) is 5.74. The third kappa shape index (κ3) is 5.27. The van der Waals surface area contributed by atoms with Gasteiger partial charge < -0.3 is 10.1 Å². The van der Waals surface area contributed by atoms with Crippen molar-refractivity contribution in [2.75, 3.05) is 18.2 Å². The number of methoxy groups -OCH3 is 1. The van der Waals surface area contributed by atoms with Crippen LogP contribution in [0.25, 0.3) is 17.1 Å². The molecule has 2 aromatic heterocycles. The van der Waals surface area contributed by atoms with Crippen molar-refractivity contribution in [2.24, 2.45) is 0 Å². The van der Waals surface area contributed by atoms with Crippen LogP contribution in [0.3, 0.4) is 0 Å². The summed E-state index contributed by atoms with van der Waals surface area (Å²) in [6, 6.07) is 18.0. The number of hydrogen-bond acceptors (Lipinski definition) is 7. The van der Waals surface area contributed by atoms with Gasteiger partial charge in [-0.25, -0.2) is 0 Å². The van der Waals surface area contributed by atoms with Gasteiger partial charge in [0, 0.05) is 34.9 Å². The third-order valence-electron chi connectivity index (χ3n) is 4.81. The van der Waals surface area contributed by atoms with Crippen molar-refractivity contribution in [1.82, 2.24) is 19.7 Å². The van der Waals surface area contributed by atoms with Gasteiger partial charge in [0.15, 0.2) is 16.8 Å². The van der Waals surface area contributed by atoms with E-state index in [0.717, 1.165) is 17.0 Å². The number of nitrogens with one attached hydrogen (secondary N) is 1. The van der Waals surface area contributed by atoms with E-state index in [0.29, 0.717) is 22.2 Å². The molecular weight excluding hydrogens is 438 g/mol. The van der Waals surface area contributed by atoms with Crippen LogP contribution in [0, 0.1) is 0 Å². The highest BCUT2D eigenvalue weighted by molar-refractivity contribution is 7.99. The van der Waals surface area contributed by atoms with Gasteiger partial charge in [-0.15, -0.1) is 10.2 Å². The molecule has 2 heterocycles. The Labute approximate surface area is 195 Å². The topological polar surface area (TPSA) is 99.0 Å². The summed E-state index contributed by atoms with van der Waals surface area (Å²) in [7, 11) is 1.61. The number of carbonyl (C=O) groups is 2. The number of pyridine rings is 1. The first-order valence-corrected chi connectivity index (χ1v) is 11.1. The number of Topliss-reactive ketones (excluding diaryl/α,β-unsaturated/α-hetero) is 1. The molecule has 8 nitrogen and oxygen atoms in total. The summed E-state index contributed by atoms with van der Waals surface area (Å²) in [6.45, 7) is 1.50. The van der Waals surface area contributed by atoms with E-state index in [2.05, 4.69) is 20.5 Å². The van der Waals surface area contributed by atoms with Gasteiger partial charge >= 0.3 is 0 Å². The fourth-order valence-electron chi connectivity index (χ4n) is 3.13. The molecule has 0 spiro atoms. The first-order valence-electron chi connectivity index (χ1n) is 10.1. The zero-order valence-electron chi connectivity index (χ0n) is 18.1. The van der Waals surface area contributed by atoms with Crippen LogP contribution < -0.4 is 10.1 Å². The monoisotopic (exact) mass is 459 g/mol. The van der Waals surface area contributed by atoms with Crippen LogP contribution in [0.4, 0.5) is 5.69 Å². The van der Waals surface area contributed by atoms with Crippen LogP contribution in [0.5, 0.6) is 5.75 Å². The number of nitrogens with zero attached hydrogens (tertiary/aromatic N) is 4. The van der Waals surface area contributed by atoms with Gasteiger partial charge in [0.25, 0.3) is 0 Å². The van der Waals surface area contributed by atoms with Gasteiger partial charge in [-0.3, -0.25) is 19.1 Å². The van der Waals surface area contributed by atoms with Crippen molar-refractivity contribution >= 4 is 29.1 Å². The molecule has 0 fully saturated rings. The second-order valence-electron chi connectivity index (χ2n) is 7.05. The van der Waals surface area contributed by atoms with E-state index in [1.165, 1.54) is 18.7 Å². The lowest BCUT2D eigenvalue weighted by atomic mass is 10.1. The molecule has 0 saturated heterocycles. The maximum atomic E-state index is 12.5. The molecule has 33 heavy (non-hydrogen) atoms. The zero-order valence-corrected chi connectivity index (χ0v) is 18.9. The molecule has 0 aliphatic rings. The summed E-state index contributed by atoms with van der Waals surface area (Å²) in [6.07, 6.45) is 3.39. The number of rotatable bonds is 8. The molecule has 1 N–H and O–H groups in total. The Bertz CT molecular complexity index is 1260. The average Bonchev–Trinajstić information content (AvgIpc) is 3.27. The minimum atomic E-state index is -0.190. The van der Waals surface area contributed by atoms with Crippen molar-refractivity contribution in [3.63, 3.8) is 0 Å². The van der Waals surface area contributed by atoms with Crippen molar-refractivity contribution < 1.29 is 14.3 Å². The maximum absolute atomic E-state index is 12.5. The number of anilines is 1. The molecule has 9 heteroatoms. The van der Waals surface area contributed by atoms with Crippen LogP contribution in [0.1, 0.15) is 17.3 Å². The number of hydrogen-bond donors (Lipinski definition) is 1. The smallest absolute Gasteiger partial charge is 0.234 e. The molecule has 0 aliphatic heterocycles. The number of benzene rings is 2. The van der Waals surface area contributed by atoms with Gasteiger partial charge in [-0.1, -0.05) is 11.8 Å². The quantitative estimate of drug-likeness (QED) is 0.310. The molecule has 0 unspecified atom stereocenters. The highest BCUT2D eigenvalue weighted by atomic mass is 32.2. The Kier molecular flexibility index (Phi) is 6.80. The van der Waals surface area contributed by atoms with Crippen LogP contribution in [0.2, 0.25) is 0 Å². The van der Waals surface area contributed by atoms with Crippen LogP contribution in [-0.2, 0) is 4.79 Å². The Morgan fingerprint density at radius 3 is 2.30 bits per heavy atom. The lowest BCUT2D eigenvalue weighted by molar-refractivity contribution is -0.113. The van der Waals surface area contributed by atoms with Crippen molar-refractivity contribution in [3.8, 4) is 22.8 Å². The molecule has 4 aromatic rings. The predicted octanol–water partition coefficient (Wildman–Crippen LogP) is 4.27. The van der Waals surface area contributed by atoms with Crippen LogP contribution >= 0.6 is 11.8 Å². The lowest BCUT2D eigenvalue weighted by Gasteiger charge is -2.11. The van der Waals surface area contributed by atoms with E-state index in [4.69, 9.17) is 4.74 Å². The summed E-state index contributed by atoms with van der Waals surface area (Å²) in [5, 5.41) is 12.1. The number of thioether (sulfide) groups is 1.